The van der Waals surface area contributed by atoms with Crippen molar-refractivity contribution in [2.45, 2.75) is 110 Å². The Hall–Kier alpha value is -4.44. The Labute approximate surface area is 327 Å². The van der Waals surface area contributed by atoms with Gasteiger partial charge in [-0.3, -0.25) is 9.59 Å². The Morgan fingerprint density at radius 2 is 0.581 bits per heavy atom. The van der Waals surface area contributed by atoms with E-state index in [0.29, 0.717) is 38.1 Å². The summed E-state index contributed by atoms with van der Waals surface area (Å²) in [6, 6.07) is 1.55. The number of hydrogen-bond donors (Lipinski definition) is 0. The molecule has 0 aromatic heterocycles. The van der Waals surface area contributed by atoms with Crippen molar-refractivity contribution in [2.75, 3.05) is 0 Å². The van der Waals surface area contributed by atoms with Crippen molar-refractivity contribution >= 4 is 11.9 Å². The van der Waals surface area contributed by atoms with E-state index in [0.717, 1.165) is 0 Å². The van der Waals surface area contributed by atoms with Gasteiger partial charge in [0.25, 0.3) is 0 Å². The van der Waals surface area contributed by atoms with Crippen LogP contribution in [0.2, 0.25) is 0 Å². The first-order valence-corrected chi connectivity index (χ1v) is 15.7. The molecule has 0 aliphatic rings. The third-order valence-electron chi connectivity index (χ3n) is 8.57. The van der Waals surface area contributed by atoms with Crippen molar-refractivity contribution in [3.63, 3.8) is 0 Å². The van der Waals surface area contributed by atoms with Crippen LogP contribution in [0.15, 0.2) is 48.5 Å². The largest absolute Gasteiger partial charge is 0.460 e. The fourth-order valence-electron chi connectivity index (χ4n) is 5.30. The quantitative estimate of drug-likeness (QED) is 0.0901. The van der Waals surface area contributed by atoms with Gasteiger partial charge in [-0.1, -0.05) is 24.3 Å². The highest BCUT2D eigenvalue weighted by atomic mass is 19.4. The molecule has 2 atom stereocenters. The van der Waals surface area contributed by atoms with Gasteiger partial charge in [-0.15, -0.1) is 0 Å². The molecule has 4 nitrogen and oxygen atoms in total. The van der Waals surface area contributed by atoms with E-state index in [-0.39, 0.29) is 24.3 Å². The van der Waals surface area contributed by atoms with Gasteiger partial charge < -0.3 is 9.47 Å². The molecule has 0 aliphatic carbocycles. The summed E-state index contributed by atoms with van der Waals surface area (Å²) in [5.74, 6) is -93.8. The molecule has 0 spiro atoms. The van der Waals surface area contributed by atoms with Crippen LogP contribution in [0.5, 0.6) is 11.5 Å². The summed E-state index contributed by atoms with van der Waals surface area (Å²) in [5, 5.41) is 0. The first-order chi connectivity index (χ1) is 27.2. The zero-order valence-corrected chi connectivity index (χ0v) is 29.6. The molecule has 30 heteroatoms. The van der Waals surface area contributed by atoms with Gasteiger partial charge in [0, 0.05) is 26.7 Å². The summed E-state index contributed by atoms with van der Waals surface area (Å²) < 4.78 is 374. The predicted molar refractivity (Wildman–Crippen MR) is 152 cm³/mol. The lowest BCUT2D eigenvalue weighted by molar-refractivity contribution is -0.441. The molecule has 0 unspecified atom stereocenters. The van der Waals surface area contributed by atoms with Crippen molar-refractivity contribution in [3.05, 3.63) is 59.7 Å². The Kier molecular flexibility index (Phi) is 14.1. The van der Waals surface area contributed by atoms with E-state index < -0.39 is 131 Å². The van der Waals surface area contributed by atoms with Crippen LogP contribution < -0.4 is 9.47 Å². The van der Waals surface area contributed by atoms with Crippen molar-refractivity contribution in [2.24, 2.45) is 0 Å². The van der Waals surface area contributed by atoms with Crippen molar-refractivity contribution in [1.82, 2.24) is 0 Å². The second-order valence-corrected chi connectivity index (χ2v) is 12.9. The monoisotopic (exact) mass is 962 g/mol. The van der Waals surface area contributed by atoms with Gasteiger partial charge in [0.1, 0.15) is 11.5 Å². The number of hydrogen-bond acceptors (Lipinski definition) is 4. The van der Waals surface area contributed by atoms with Crippen molar-refractivity contribution in [3.8, 4) is 11.5 Å². The van der Waals surface area contributed by atoms with Crippen molar-refractivity contribution < 1.29 is 133 Å². The molecule has 62 heavy (non-hydrogen) atoms. The number of carbonyl (C=O) groups is 2. The Morgan fingerprint density at radius 1 is 0.371 bits per heavy atom. The molecule has 0 radical (unpaired) electrons. The number of benzene rings is 2. The number of rotatable bonds is 17. The zero-order valence-electron chi connectivity index (χ0n) is 29.6. The predicted octanol–water partition coefficient (Wildman–Crippen LogP) is 12.7. The lowest BCUT2D eigenvalue weighted by Gasteiger charge is -2.42. The van der Waals surface area contributed by atoms with E-state index in [1.807, 2.05) is 0 Å². The minimum atomic E-state index is -8.60. The Morgan fingerprint density at radius 3 is 0.774 bits per heavy atom. The van der Waals surface area contributed by atoms with E-state index >= 15 is 17.6 Å². The summed E-state index contributed by atoms with van der Waals surface area (Å²) >= 11 is 0. The SMILES string of the molecule is CC(=O)Oc1ccc([C@@H](CC(F)(F)C(F)(F)C(F)(F)C(F)(F)C(F)(F)C(F)(F)F)[C@@H](CC(F)(F)C(F)(F)C(F)(F)C(F)(F)C(F)(F)C(F)(F)F)c2ccc(OC(C)=O)cc2)cc1. The fourth-order valence-corrected chi connectivity index (χ4v) is 5.30. The topological polar surface area (TPSA) is 52.6 Å². The lowest BCUT2D eigenvalue weighted by Crippen LogP contribution is -2.70. The highest BCUT2D eigenvalue weighted by Gasteiger charge is 2.92. The molecule has 2 rings (SSSR count). The number of carbonyl (C=O) groups excluding carboxylic acids is 2. The van der Waals surface area contributed by atoms with Gasteiger partial charge in [-0.05, 0) is 47.2 Å². The molecule has 0 heterocycles. The van der Waals surface area contributed by atoms with Crippen LogP contribution in [0.25, 0.3) is 0 Å². The van der Waals surface area contributed by atoms with Crippen LogP contribution in [0.4, 0.5) is 114 Å². The second kappa shape index (κ2) is 16.3. The van der Waals surface area contributed by atoms with Crippen molar-refractivity contribution in [1.29, 1.82) is 0 Å². The van der Waals surface area contributed by atoms with Crippen LogP contribution in [0.3, 0.4) is 0 Å². The molecule has 0 saturated carbocycles. The minimum absolute atomic E-state index is 0.0882. The average Bonchev–Trinajstić information content (AvgIpc) is 3.08. The van der Waals surface area contributed by atoms with Gasteiger partial charge in [-0.2, -0.15) is 114 Å². The van der Waals surface area contributed by atoms with E-state index in [1.54, 1.807) is 0 Å². The van der Waals surface area contributed by atoms with Crippen LogP contribution in [-0.2, 0) is 9.59 Å². The highest BCUT2D eigenvalue weighted by Crippen LogP contribution is 2.64. The summed E-state index contributed by atoms with van der Waals surface area (Å²) in [7, 11) is 0. The summed E-state index contributed by atoms with van der Waals surface area (Å²) in [6.07, 6.45) is -23.2. The maximum absolute atomic E-state index is 15.5. The average molecular weight is 962 g/mol. The summed E-state index contributed by atoms with van der Waals surface area (Å²) in [6.45, 7) is 1.28. The van der Waals surface area contributed by atoms with Crippen LogP contribution in [-0.4, -0.2) is 83.5 Å². The third-order valence-corrected chi connectivity index (χ3v) is 8.57. The summed E-state index contributed by atoms with van der Waals surface area (Å²) in [4.78, 5) is 22.5. The molecule has 0 fully saturated rings. The maximum Gasteiger partial charge on any atom is 0.460 e. The van der Waals surface area contributed by atoms with E-state index in [2.05, 4.69) is 9.47 Å². The highest BCUT2D eigenvalue weighted by molar-refractivity contribution is 5.69. The first-order valence-electron chi connectivity index (χ1n) is 15.7. The van der Waals surface area contributed by atoms with Gasteiger partial charge in [-0.25, -0.2) is 0 Å². The molecule has 0 bridgehead atoms. The van der Waals surface area contributed by atoms with Crippen LogP contribution in [0, 0.1) is 0 Å². The Balaban J connectivity index is 3.09. The maximum atomic E-state index is 15.5. The minimum Gasteiger partial charge on any atom is -0.427 e. The smallest absolute Gasteiger partial charge is 0.427 e. The summed E-state index contributed by atoms with van der Waals surface area (Å²) in [5.41, 5.74) is -3.05. The van der Waals surface area contributed by atoms with E-state index in [1.165, 1.54) is 0 Å². The van der Waals surface area contributed by atoms with Gasteiger partial charge >= 0.3 is 83.5 Å². The van der Waals surface area contributed by atoms with Crippen LogP contribution in [0.1, 0.15) is 49.7 Å². The van der Waals surface area contributed by atoms with Gasteiger partial charge in [0.15, 0.2) is 0 Å². The molecule has 0 saturated heterocycles. The lowest BCUT2D eigenvalue weighted by atomic mass is 9.73. The van der Waals surface area contributed by atoms with Gasteiger partial charge in [0.05, 0.1) is 0 Å². The molecule has 0 aliphatic heterocycles. The fraction of sp³-hybridized carbons (Fsp3) is 0.562. The third kappa shape index (κ3) is 9.00. The zero-order chi connectivity index (χ0) is 49.1. The number of esters is 2. The van der Waals surface area contributed by atoms with Crippen LogP contribution >= 0.6 is 0 Å². The number of alkyl halides is 26. The molecular weight excluding hydrogens is 942 g/mol. The Bertz CT molecular complexity index is 1760. The molecular formula is C32H20F26O4. The molecule has 2 aromatic rings. The molecule has 0 amide bonds. The standard InChI is InChI=1S/C32H20F26O4/c1-13(59)61-17-7-3-15(4-8-17)19(11-21(33,34)23(37,38)25(41,42)27(45,46)29(49,50)31(53,54)55)20(16-5-9-18(10-6-16)62-14(2)60)12-22(35,36)24(39,40)26(43,44)28(47,48)30(51,52)32(56,57)58/h3-10,19-20H,11-12H2,1-2H3/t19-,20+. The molecule has 0 N–H and O–H groups in total. The number of halogens is 26. The molecule has 354 valence electrons. The van der Waals surface area contributed by atoms with E-state index in [4.69, 9.17) is 0 Å². The first kappa shape index (κ1) is 53.7. The number of ether oxygens (including phenoxy) is 2. The van der Waals surface area contributed by atoms with Gasteiger partial charge in [0.2, 0.25) is 0 Å². The molecule has 2 aromatic carbocycles. The van der Waals surface area contributed by atoms with E-state index in [9.17, 15) is 106 Å². The second-order valence-electron chi connectivity index (χ2n) is 12.9. The normalized spacial score (nSPS) is 15.9.